The zero-order valence-electron chi connectivity index (χ0n) is 10.6. The van der Waals surface area contributed by atoms with E-state index in [4.69, 9.17) is 11.6 Å². The summed E-state index contributed by atoms with van der Waals surface area (Å²) in [6.45, 7) is 7.61. The van der Waals surface area contributed by atoms with E-state index in [-0.39, 0.29) is 10.7 Å². The van der Waals surface area contributed by atoms with Gasteiger partial charge in [0.25, 0.3) is 0 Å². The number of anilines is 1. The van der Waals surface area contributed by atoms with Crippen LogP contribution in [0.25, 0.3) is 0 Å². The first kappa shape index (κ1) is 14.7. The number of nitrogens with zero attached hydrogens (tertiary/aromatic N) is 2. The third-order valence-corrected chi connectivity index (χ3v) is 3.11. The maximum Gasteiger partial charge on any atom is 0.310 e. The van der Waals surface area contributed by atoms with Gasteiger partial charge in [0.15, 0.2) is 0 Å². The second kappa shape index (κ2) is 7.18. The lowest BCUT2D eigenvalue weighted by Crippen LogP contribution is -2.28. The Morgan fingerprint density at radius 1 is 1.39 bits per heavy atom. The second-order valence-corrected chi connectivity index (χ2v) is 4.25. The topological polar surface area (TPSA) is 58.4 Å². The number of hydrogen-bond acceptors (Lipinski definition) is 4. The van der Waals surface area contributed by atoms with Crippen LogP contribution >= 0.6 is 11.6 Å². The third kappa shape index (κ3) is 3.85. The summed E-state index contributed by atoms with van der Waals surface area (Å²) < 4.78 is 0. The van der Waals surface area contributed by atoms with Crippen LogP contribution in [0.5, 0.6) is 0 Å². The van der Waals surface area contributed by atoms with Crippen LogP contribution in [0, 0.1) is 10.1 Å². The molecule has 0 aliphatic rings. The van der Waals surface area contributed by atoms with Gasteiger partial charge in [0, 0.05) is 13.1 Å². The molecule has 1 N–H and O–H groups in total. The zero-order chi connectivity index (χ0) is 13.5. The molecule has 100 valence electrons. The predicted octanol–water partition coefficient (Wildman–Crippen LogP) is 3.00. The Balaban J connectivity index is 2.67. The van der Waals surface area contributed by atoms with Crippen molar-refractivity contribution >= 4 is 23.0 Å². The van der Waals surface area contributed by atoms with E-state index in [1.807, 2.05) is 0 Å². The van der Waals surface area contributed by atoms with E-state index in [0.29, 0.717) is 12.2 Å². The summed E-state index contributed by atoms with van der Waals surface area (Å²) in [4.78, 5) is 12.7. The number of nitro groups is 1. The van der Waals surface area contributed by atoms with Crippen LogP contribution in [0.4, 0.5) is 11.4 Å². The second-order valence-electron chi connectivity index (χ2n) is 3.85. The van der Waals surface area contributed by atoms with E-state index >= 15 is 0 Å². The van der Waals surface area contributed by atoms with Crippen LogP contribution in [-0.2, 0) is 0 Å². The van der Waals surface area contributed by atoms with Crippen molar-refractivity contribution in [2.75, 3.05) is 31.5 Å². The fourth-order valence-electron chi connectivity index (χ4n) is 1.73. The molecule has 6 heteroatoms. The summed E-state index contributed by atoms with van der Waals surface area (Å²) in [5.41, 5.74) is 0.415. The van der Waals surface area contributed by atoms with Gasteiger partial charge in [-0.05, 0) is 25.2 Å². The smallest absolute Gasteiger partial charge is 0.310 e. The maximum atomic E-state index is 10.9. The molecule has 0 aliphatic heterocycles. The van der Waals surface area contributed by atoms with E-state index < -0.39 is 4.92 Å². The van der Waals surface area contributed by atoms with E-state index in [2.05, 4.69) is 24.1 Å². The van der Waals surface area contributed by atoms with Gasteiger partial charge in [0.2, 0.25) is 0 Å². The minimum atomic E-state index is -0.456. The standard InChI is InChI=1S/C12H18ClN3O2/c1-3-15(4-2)9-8-14-11-7-5-6-10(13)12(11)16(17)18/h5-7,14H,3-4,8-9H2,1-2H3. The van der Waals surface area contributed by atoms with Gasteiger partial charge in [-0.15, -0.1) is 0 Å². The SMILES string of the molecule is CCN(CC)CCNc1cccc(Cl)c1[N+](=O)[O-]. The van der Waals surface area contributed by atoms with Gasteiger partial charge in [0.1, 0.15) is 10.7 Å². The molecule has 0 bridgehead atoms. The molecule has 0 fully saturated rings. The Morgan fingerprint density at radius 2 is 2.06 bits per heavy atom. The summed E-state index contributed by atoms with van der Waals surface area (Å²) >= 11 is 5.83. The number of benzene rings is 1. The van der Waals surface area contributed by atoms with E-state index in [0.717, 1.165) is 19.6 Å². The number of hydrogen-bond donors (Lipinski definition) is 1. The quantitative estimate of drug-likeness (QED) is 0.612. The monoisotopic (exact) mass is 271 g/mol. The number of nitro benzene ring substituents is 1. The van der Waals surface area contributed by atoms with Crippen molar-refractivity contribution in [1.29, 1.82) is 0 Å². The Labute approximate surface area is 112 Å². The summed E-state index contributed by atoms with van der Waals surface area (Å²) in [5.74, 6) is 0. The highest BCUT2D eigenvalue weighted by molar-refractivity contribution is 6.33. The normalized spacial score (nSPS) is 10.7. The van der Waals surface area contributed by atoms with E-state index in [1.165, 1.54) is 6.07 Å². The first-order valence-electron chi connectivity index (χ1n) is 5.99. The molecule has 1 rings (SSSR count). The van der Waals surface area contributed by atoms with Crippen LogP contribution in [0.1, 0.15) is 13.8 Å². The lowest BCUT2D eigenvalue weighted by atomic mass is 10.2. The van der Waals surface area contributed by atoms with Gasteiger partial charge < -0.3 is 10.2 Å². The van der Waals surface area contributed by atoms with Gasteiger partial charge in [-0.25, -0.2) is 0 Å². The van der Waals surface area contributed by atoms with Crippen LogP contribution < -0.4 is 5.32 Å². The summed E-state index contributed by atoms with van der Waals surface area (Å²) in [5, 5.41) is 14.1. The molecule has 0 aromatic heterocycles. The van der Waals surface area contributed by atoms with Gasteiger partial charge >= 0.3 is 5.69 Å². The molecule has 0 unspecified atom stereocenters. The predicted molar refractivity (Wildman–Crippen MR) is 74.4 cm³/mol. The molecule has 0 saturated carbocycles. The molecule has 1 aromatic carbocycles. The fraction of sp³-hybridized carbons (Fsp3) is 0.500. The number of likely N-dealkylation sites (N-methyl/N-ethyl adjacent to an activating group) is 1. The molecule has 0 saturated heterocycles. The van der Waals surface area contributed by atoms with Crippen LogP contribution in [0.15, 0.2) is 18.2 Å². The van der Waals surface area contributed by atoms with Crippen LogP contribution in [0.2, 0.25) is 5.02 Å². The molecule has 1 aromatic rings. The zero-order valence-corrected chi connectivity index (χ0v) is 11.4. The van der Waals surface area contributed by atoms with Crippen molar-refractivity contribution in [2.45, 2.75) is 13.8 Å². The van der Waals surface area contributed by atoms with Crippen molar-refractivity contribution in [3.63, 3.8) is 0 Å². The molecule has 0 spiro atoms. The summed E-state index contributed by atoms with van der Waals surface area (Å²) in [6.07, 6.45) is 0. The first-order valence-corrected chi connectivity index (χ1v) is 6.37. The molecule has 0 radical (unpaired) electrons. The molecule has 0 heterocycles. The number of rotatable bonds is 7. The van der Waals surface area contributed by atoms with Crippen molar-refractivity contribution in [3.05, 3.63) is 33.3 Å². The third-order valence-electron chi connectivity index (χ3n) is 2.81. The largest absolute Gasteiger partial charge is 0.378 e. The van der Waals surface area contributed by atoms with Gasteiger partial charge in [-0.2, -0.15) is 0 Å². The Morgan fingerprint density at radius 3 is 2.61 bits per heavy atom. The molecule has 18 heavy (non-hydrogen) atoms. The van der Waals surface area contributed by atoms with Crippen molar-refractivity contribution in [1.82, 2.24) is 4.90 Å². The molecular formula is C12H18ClN3O2. The average Bonchev–Trinajstić information content (AvgIpc) is 2.34. The maximum absolute atomic E-state index is 10.9. The fourth-order valence-corrected chi connectivity index (χ4v) is 1.98. The summed E-state index contributed by atoms with van der Waals surface area (Å²) in [7, 11) is 0. The van der Waals surface area contributed by atoms with E-state index in [9.17, 15) is 10.1 Å². The first-order chi connectivity index (χ1) is 8.60. The van der Waals surface area contributed by atoms with Gasteiger partial charge in [0.05, 0.1) is 4.92 Å². The molecule has 0 atom stereocenters. The molecule has 0 amide bonds. The highest BCUT2D eigenvalue weighted by atomic mass is 35.5. The Bertz CT molecular complexity index is 408. The number of nitrogens with one attached hydrogen (secondary N) is 1. The Kier molecular flexibility index (Phi) is 5.88. The number of para-hydroxylation sites is 1. The number of halogens is 1. The lowest BCUT2D eigenvalue weighted by molar-refractivity contribution is -0.383. The van der Waals surface area contributed by atoms with Crippen molar-refractivity contribution in [3.8, 4) is 0 Å². The highest BCUT2D eigenvalue weighted by Crippen LogP contribution is 2.31. The van der Waals surface area contributed by atoms with Crippen LogP contribution in [-0.4, -0.2) is 36.0 Å². The van der Waals surface area contributed by atoms with E-state index in [1.54, 1.807) is 12.1 Å². The van der Waals surface area contributed by atoms with Gasteiger partial charge in [-0.3, -0.25) is 10.1 Å². The Hall–Kier alpha value is -1.33. The van der Waals surface area contributed by atoms with Crippen molar-refractivity contribution < 1.29 is 4.92 Å². The minimum Gasteiger partial charge on any atom is -0.378 e. The average molecular weight is 272 g/mol. The van der Waals surface area contributed by atoms with Gasteiger partial charge in [-0.1, -0.05) is 31.5 Å². The minimum absolute atomic E-state index is 0.0567. The van der Waals surface area contributed by atoms with Crippen molar-refractivity contribution in [2.24, 2.45) is 0 Å². The van der Waals surface area contributed by atoms with Crippen LogP contribution in [0.3, 0.4) is 0 Å². The molecule has 0 aliphatic carbocycles. The lowest BCUT2D eigenvalue weighted by Gasteiger charge is -2.18. The highest BCUT2D eigenvalue weighted by Gasteiger charge is 2.17. The molecule has 5 nitrogen and oxygen atoms in total. The molecular weight excluding hydrogens is 254 g/mol. The summed E-state index contributed by atoms with van der Waals surface area (Å²) in [6, 6.07) is 4.90.